The fourth-order valence-electron chi connectivity index (χ4n) is 2.69. The lowest BCUT2D eigenvalue weighted by Crippen LogP contribution is -2.31. The summed E-state index contributed by atoms with van der Waals surface area (Å²) in [5.41, 5.74) is 1.74. The third kappa shape index (κ3) is 4.27. The molecule has 2 aromatic rings. The molecule has 0 heterocycles. The van der Waals surface area contributed by atoms with Gasteiger partial charge in [0.2, 0.25) is 0 Å². The first-order valence-electron chi connectivity index (χ1n) is 8.42. The van der Waals surface area contributed by atoms with Crippen LogP contribution in [0.4, 0.5) is 5.69 Å². The van der Waals surface area contributed by atoms with Crippen LogP contribution in [0.25, 0.3) is 0 Å². The predicted molar refractivity (Wildman–Crippen MR) is 99.8 cm³/mol. The van der Waals surface area contributed by atoms with E-state index in [1.165, 1.54) is 12.1 Å². The first-order chi connectivity index (χ1) is 12.4. The second kappa shape index (κ2) is 8.29. The summed E-state index contributed by atoms with van der Waals surface area (Å²) in [5, 5.41) is 11.9. The summed E-state index contributed by atoms with van der Waals surface area (Å²) in [6, 6.07) is 11.2. The van der Waals surface area contributed by atoms with E-state index >= 15 is 0 Å². The van der Waals surface area contributed by atoms with Crippen LogP contribution < -0.4 is 5.32 Å². The van der Waals surface area contributed by atoms with Crippen molar-refractivity contribution in [1.29, 1.82) is 0 Å². The number of nitrogens with one attached hydrogen (secondary N) is 1. The van der Waals surface area contributed by atoms with Gasteiger partial charge in [-0.3, -0.25) is 9.59 Å². The summed E-state index contributed by atoms with van der Waals surface area (Å²) in [5.74, 6) is -1.72. The Labute approximate surface area is 152 Å². The molecule has 0 aromatic heterocycles. The number of aryl methyl sites for hydroxylation is 1. The zero-order valence-electron chi connectivity index (χ0n) is 15.1. The number of carbonyl (C=O) groups is 3. The Bertz CT molecular complexity index is 841. The van der Waals surface area contributed by atoms with E-state index in [-0.39, 0.29) is 17.0 Å². The molecule has 2 N–H and O–H groups in total. The molecular formula is C20H22N2O4. The minimum absolute atomic E-state index is 0.0441. The summed E-state index contributed by atoms with van der Waals surface area (Å²) < 4.78 is 0. The highest BCUT2D eigenvalue weighted by atomic mass is 16.4. The molecule has 0 bridgehead atoms. The maximum Gasteiger partial charge on any atom is 0.335 e. The number of carboxylic acid groups (broad SMARTS) is 1. The number of carboxylic acids is 1. The van der Waals surface area contributed by atoms with Gasteiger partial charge < -0.3 is 15.3 Å². The van der Waals surface area contributed by atoms with E-state index in [4.69, 9.17) is 5.11 Å². The van der Waals surface area contributed by atoms with Crippen molar-refractivity contribution < 1.29 is 19.5 Å². The summed E-state index contributed by atoms with van der Waals surface area (Å²) in [4.78, 5) is 38.1. The number of hydrogen-bond acceptors (Lipinski definition) is 3. The van der Waals surface area contributed by atoms with Crippen LogP contribution >= 0.6 is 0 Å². The highest BCUT2D eigenvalue weighted by Crippen LogP contribution is 2.19. The van der Waals surface area contributed by atoms with Gasteiger partial charge in [0.1, 0.15) is 0 Å². The van der Waals surface area contributed by atoms with Crippen LogP contribution in [-0.4, -0.2) is 40.9 Å². The lowest BCUT2D eigenvalue weighted by atomic mass is 10.1. The molecule has 6 heteroatoms. The van der Waals surface area contributed by atoms with Gasteiger partial charge in [-0.15, -0.1) is 0 Å². The van der Waals surface area contributed by atoms with Crippen molar-refractivity contribution >= 4 is 23.5 Å². The summed E-state index contributed by atoms with van der Waals surface area (Å²) in [7, 11) is 0. The summed E-state index contributed by atoms with van der Waals surface area (Å²) >= 11 is 0. The van der Waals surface area contributed by atoms with E-state index in [1.807, 2.05) is 13.8 Å². The Morgan fingerprint density at radius 1 is 1.00 bits per heavy atom. The van der Waals surface area contributed by atoms with Gasteiger partial charge in [-0.25, -0.2) is 4.79 Å². The number of amides is 2. The zero-order chi connectivity index (χ0) is 19.3. The Morgan fingerprint density at radius 2 is 1.62 bits per heavy atom. The molecule has 0 saturated heterocycles. The zero-order valence-corrected chi connectivity index (χ0v) is 15.1. The number of nitrogens with zero attached hydrogens (tertiary/aromatic N) is 1. The fraction of sp³-hybridized carbons (Fsp3) is 0.250. The Morgan fingerprint density at radius 3 is 2.23 bits per heavy atom. The van der Waals surface area contributed by atoms with Crippen molar-refractivity contribution in [3.63, 3.8) is 0 Å². The van der Waals surface area contributed by atoms with Crippen molar-refractivity contribution in [1.82, 2.24) is 4.90 Å². The molecule has 2 rings (SSSR count). The van der Waals surface area contributed by atoms with Crippen molar-refractivity contribution in [3.8, 4) is 0 Å². The smallest absolute Gasteiger partial charge is 0.335 e. The Balaban J connectivity index is 2.33. The third-order valence-corrected chi connectivity index (χ3v) is 4.04. The molecule has 0 aliphatic rings. The molecule has 0 spiro atoms. The predicted octanol–water partition coefficient (Wildman–Crippen LogP) is 3.43. The molecule has 136 valence electrons. The molecule has 0 fully saturated rings. The average Bonchev–Trinajstić information content (AvgIpc) is 2.62. The van der Waals surface area contributed by atoms with Crippen LogP contribution in [-0.2, 0) is 0 Å². The standard InChI is InChI=1S/C20H22N2O4/c1-4-22(5-2)19(24)16-8-6-7-9-17(16)21-18(23)14-10-13(3)11-15(12-14)20(25)26/h6-12H,4-5H2,1-3H3,(H,21,23)(H,25,26). The van der Waals surface area contributed by atoms with Gasteiger partial charge in [-0.05, 0) is 56.7 Å². The monoisotopic (exact) mass is 354 g/mol. The van der Waals surface area contributed by atoms with Gasteiger partial charge in [0.05, 0.1) is 16.8 Å². The molecular weight excluding hydrogens is 332 g/mol. The van der Waals surface area contributed by atoms with Gasteiger partial charge in [0.25, 0.3) is 11.8 Å². The van der Waals surface area contributed by atoms with E-state index in [1.54, 1.807) is 42.2 Å². The number of benzene rings is 2. The number of para-hydroxylation sites is 1. The molecule has 0 atom stereocenters. The Hall–Kier alpha value is -3.15. The van der Waals surface area contributed by atoms with Gasteiger partial charge in [-0.2, -0.15) is 0 Å². The lowest BCUT2D eigenvalue weighted by Gasteiger charge is -2.20. The molecule has 6 nitrogen and oxygen atoms in total. The van der Waals surface area contributed by atoms with Crippen LogP contribution in [0.3, 0.4) is 0 Å². The summed E-state index contributed by atoms with van der Waals surface area (Å²) in [6.07, 6.45) is 0. The van der Waals surface area contributed by atoms with E-state index < -0.39 is 11.9 Å². The minimum Gasteiger partial charge on any atom is -0.478 e. The van der Waals surface area contributed by atoms with Crippen LogP contribution in [0.2, 0.25) is 0 Å². The van der Waals surface area contributed by atoms with Crippen molar-refractivity contribution in [3.05, 3.63) is 64.7 Å². The maximum atomic E-state index is 12.6. The van der Waals surface area contributed by atoms with Crippen molar-refractivity contribution in [2.75, 3.05) is 18.4 Å². The lowest BCUT2D eigenvalue weighted by molar-refractivity contribution is 0.0695. The molecule has 0 saturated carbocycles. The van der Waals surface area contributed by atoms with E-state index in [9.17, 15) is 14.4 Å². The molecule has 2 aromatic carbocycles. The van der Waals surface area contributed by atoms with Gasteiger partial charge >= 0.3 is 5.97 Å². The first kappa shape index (κ1) is 19.2. The number of aromatic carboxylic acids is 1. The topological polar surface area (TPSA) is 86.7 Å². The van der Waals surface area contributed by atoms with Gasteiger partial charge in [-0.1, -0.05) is 12.1 Å². The number of hydrogen-bond donors (Lipinski definition) is 2. The number of carbonyl (C=O) groups excluding carboxylic acids is 2. The normalized spacial score (nSPS) is 10.3. The molecule has 0 radical (unpaired) electrons. The molecule has 0 aliphatic carbocycles. The molecule has 2 amide bonds. The average molecular weight is 354 g/mol. The summed E-state index contributed by atoms with van der Waals surface area (Å²) in [6.45, 7) is 6.64. The SMILES string of the molecule is CCN(CC)C(=O)c1ccccc1NC(=O)c1cc(C)cc(C(=O)O)c1. The second-order valence-corrected chi connectivity index (χ2v) is 5.87. The number of rotatable bonds is 6. The second-order valence-electron chi connectivity index (χ2n) is 5.87. The third-order valence-electron chi connectivity index (χ3n) is 4.04. The Kier molecular flexibility index (Phi) is 6.11. The van der Waals surface area contributed by atoms with Crippen LogP contribution in [0.1, 0.15) is 50.5 Å². The first-order valence-corrected chi connectivity index (χ1v) is 8.42. The largest absolute Gasteiger partial charge is 0.478 e. The van der Waals surface area contributed by atoms with Crippen LogP contribution in [0.5, 0.6) is 0 Å². The van der Waals surface area contributed by atoms with Crippen molar-refractivity contribution in [2.24, 2.45) is 0 Å². The van der Waals surface area contributed by atoms with E-state index in [2.05, 4.69) is 5.32 Å². The van der Waals surface area contributed by atoms with Crippen molar-refractivity contribution in [2.45, 2.75) is 20.8 Å². The van der Waals surface area contributed by atoms with E-state index in [0.29, 0.717) is 29.9 Å². The number of anilines is 1. The molecule has 0 unspecified atom stereocenters. The van der Waals surface area contributed by atoms with Gasteiger partial charge in [0, 0.05) is 18.7 Å². The highest BCUT2D eigenvalue weighted by molar-refractivity contribution is 6.09. The highest BCUT2D eigenvalue weighted by Gasteiger charge is 2.18. The van der Waals surface area contributed by atoms with Crippen LogP contribution in [0.15, 0.2) is 42.5 Å². The van der Waals surface area contributed by atoms with Gasteiger partial charge in [0.15, 0.2) is 0 Å². The minimum atomic E-state index is -1.10. The fourth-order valence-corrected chi connectivity index (χ4v) is 2.69. The maximum absolute atomic E-state index is 12.6. The molecule has 0 aliphatic heterocycles. The molecule has 26 heavy (non-hydrogen) atoms. The van der Waals surface area contributed by atoms with Crippen LogP contribution in [0, 0.1) is 6.92 Å². The van der Waals surface area contributed by atoms with E-state index in [0.717, 1.165) is 0 Å². The quantitative estimate of drug-likeness (QED) is 0.832.